The third kappa shape index (κ3) is 7.12. The van der Waals surface area contributed by atoms with Crippen molar-refractivity contribution in [2.45, 2.75) is 24.0 Å². The molecule has 0 aliphatic carbocycles. The average molecular weight is 534 g/mol. The predicted octanol–water partition coefficient (Wildman–Crippen LogP) is 6.59. The molecule has 0 bridgehead atoms. The highest BCUT2D eigenvalue weighted by Crippen LogP contribution is 2.29. The van der Waals surface area contributed by atoms with Gasteiger partial charge in [-0.05, 0) is 80.6 Å². The van der Waals surface area contributed by atoms with Crippen LogP contribution in [-0.4, -0.2) is 35.8 Å². The van der Waals surface area contributed by atoms with Gasteiger partial charge in [0, 0.05) is 27.1 Å². The third-order valence-electron chi connectivity index (χ3n) is 5.32. The number of benzene rings is 3. The van der Waals surface area contributed by atoms with Gasteiger partial charge in [0.05, 0.1) is 24.7 Å². The van der Waals surface area contributed by atoms with Gasteiger partial charge in [-0.25, -0.2) is 4.98 Å². The van der Waals surface area contributed by atoms with Crippen LogP contribution < -0.4 is 20.1 Å². The van der Waals surface area contributed by atoms with E-state index < -0.39 is 0 Å². The van der Waals surface area contributed by atoms with Gasteiger partial charge in [-0.15, -0.1) is 23.1 Å². The van der Waals surface area contributed by atoms with Crippen LogP contribution in [0, 0.1) is 0 Å². The summed E-state index contributed by atoms with van der Waals surface area (Å²) in [6.45, 7) is 4.40. The van der Waals surface area contributed by atoms with E-state index in [1.807, 2.05) is 67.8 Å². The molecule has 7 nitrogen and oxygen atoms in total. The largest absolute Gasteiger partial charge is 0.497 e. The first kappa shape index (κ1) is 26.2. The fourth-order valence-electron chi connectivity index (χ4n) is 3.41. The van der Waals surface area contributed by atoms with Crippen molar-refractivity contribution in [2.75, 3.05) is 24.4 Å². The van der Waals surface area contributed by atoms with Gasteiger partial charge in [-0.1, -0.05) is 6.07 Å². The molecule has 3 aromatic carbocycles. The van der Waals surface area contributed by atoms with Crippen LogP contribution in [0.2, 0.25) is 0 Å². The van der Waals surface area contributed by atoms with E-state index in [0.717, 1.165) is 21.9 Å². The summed E-state index contributed by atoms with van der Waals surface area (Å²) in [6.07, 6.45) is 0. The molecule has 2 amide bonds. The Balaban J connectivity index is 1.33. The van der Waals surface area contributed by atoms with E-state index in [9.17, 15) is 9.59 Å². The number of hydrogen-bond donors (Lipinski definition) is 2. The smallest absolute Gasteiger partial charge is 0.255 e. The fourth-order valence-corrected chi connectivity index (χ4v) is 5.06. The first-order valence-corrected chi connectivity index (χ1v) is 13.4. The maximum absolute atomic E-state index is 12.8. The number of nitrogens with zero attached hydrogens (tertiary/aromatic N) is 1. The molecule has 1 heterocycles. The van der Waals surface area contributed by atoms with Crippen LogP contribution >= 0.6 is 23.1 Å². The zero-order valence-electron chi connectivity index (χ0n) is 20.7. The Labute approximate surface area is 224 Å². The van der Waals surface area contributed by atoms with Crippen molar-refractivity contribution in [2.24, 2.45) is 0 Å². The fraction of sp³-hybridized carbons (Fsp3) is 0.179. The summed E-state index contributed by atoms with van der Waals surface area (Å²) in [5, 5.41) is 7.89. The van der Waals surface area contributed by atoms with Crippen molar-refractivity contribution >= 4 is 45.7 Å². The van der Waals surface area contributed by atoms with Crippen molar-refractivity contribution in [3.63, 3.8) is 0 Å². The van der Waals surface area contributed by atoms with E-state index in [1.54, 1.807) is 31.4 Å². The molecule has 0 aliphatic rings. The number of nitrogens with one attached hydrogen (secondary N) is 2. The lowest BCUT2D eigenvalue weighted by Gasteiger charge is -2.12. The summed E-state index contributed by atoms with van der Waals surface area (Å²) >= 11 is 2.79. The predicted molar refractivity (Wildman–Crippen MR) is 150 cm³/mol. The van der Waals surface area contributed by atoms with E-state index >= 15 is 0 Å². The molecule has 4 rings (SSSR count). The molecular formula is C28H27N3O4S2. The molecule has 37 heavy (non-hydrogen) atoms. The minimum absolute atomic E-state index is 0.148. The number of methoxy groups -OCH3 is 1. The second-order valence-corrected chi connectivity index (χ2v) is 10.2. The molecule has 1 aromatic heterocycles. The molecular weight excluding hydrogens is 506 g/mol. The van der Waals surface area contributed by atoms with Gasteiger partial charge in [0.25, 0.3) is 5.91 Å². The number of aromatic nitrogens is 1. The standard InChI is InChI=1S/C28H27N3O4S2/c1-4-35-23-14-8-19(9-15-23)25-17-36-28(30-25)31-26(32)18(2)37-24-7-5-6-21(16-24)29-27(33)20-10-12-22(34-3)13-11-20/h5-18H,4H2,1-3H3,(H,29,33)(H,30,31,32). The molecule has 0 fully saturated rings. The Morgan fingerprint density at radius 1 is 1.00 bits per heavy atom. The Hall–Kier alpha value is -3.82. The van der Waals surface area contributed by atoms with E-state index in [4.69, 9.17) is 9.47 Å². The molecule has 2 N–H and O–H groups in total. The molecule has 0 radical (unpaired) electrons. The molecule has 0 spiro atoms. The van der Waals surface area contributed by atoms with Gasteiger partial charge < -0.3 is 20.1 Å². The summed E-state index contributed by atoms with van der Waals surface area (Å²) < 4.78 is 10.6. The number of thiazole rings is 1. The van der Waals surface area contributed by atoms with Crippen molar-refractivity contribution < 1.29 is 19.1 Å². The molecule has 190 valence electrons. The van der Waals surface area contributed by atoms with Crippen molar-refractivity contribution in [1.29, 1.82) is 0 Å². The lowest BCUT2D eigenvalue weighted by Crippen LogP contribution is -2.22. The minimum Gasteiger partial charge on any atom is -0.497 e. The maximum Gasteiger partial charge on any atom is 0.255 e. The van der Waals surface area contributed by atoms with Crippen LogP contribution in [0.1, 0.15) is 24.2 Å². The molecule has 0 aliphatic heterocycles. The van der Waals surface area contributed by atoms with E-state index in [0.29, 0.717) is 28.7 Å². The van der Waals surface area contributed by atoms with Gasteiger partial charge in [0.15, 0.2) is 5.13 Å². The second kappa shape index (κ2) is 12.4. The number of carbonyl (C=O) groups excluding carboxylic acids is 2. The van der Waals surface area contributed by atoms with Crippen molar-refractivity contribution in [3.8, 4) is 22.8 Å². The van der Waals surface area contributed by atoms with E-state index in [1.165, 1.54) is 23.1 Å². The Kier molecular flexibility index (Phi) is 8.81. The zero-order valence-corrected chi connectivity index (χ0v) is 22.3. The van der Waals surface area contributed by atoms with Crippen molar-refractivity contribution in [1.82, 2.24) is 4.98 Å². The lowest BCUT2D eigenvalue weighted by atomic mass is 10.2. The van der Waals surface area contributed by atoms with Gasteiger partial charge in [-0.3, -0.25) is 9.59 Å². The quantitative estimate of drug-likeness (QED) is 0.224. The first-order chi connectivity index (χ1) is 17.9. The van der Waals surface area contributed by atoms with Gasteiger partial charge >= 0.3 is 0 Å². The molecule has 4 aromatic rings. The second-order valence-electron chi connectivity index (χ2n) is 7.96. The zero-order chi connectivity index (χ0) is 26.2. The van der Waals surface area contributed by atoms with Crippen LogP contribution in [-0.2, 0) is 4.79 Å². The molecule has 1 atom stereocenters. The van der Waals surface area contributed by atoms with Crippen LogP contribution in [0.15, 0.2) is 83.1 Å². The molecule has 9 heteroatoms. The third-order valence-corrected chi connectivity index (χ3v) is 7.17. The summed E-state index contributed by atoms with van der Waals surface area (Å²) in [5.74, 6) is 1.13. The number of amides is 2. The maximum atomic E-state index is 12.8. The first-order valence-electron chi connectivity index (χ1n) is 11.7. The van der Waals surface area contributed by atoms with Crippen molar-refractivity contribution in [3.05, 3.63) is 83.7 Å². The summed E-state index contributed by atoms with van der Waals surface area (Å²) in [6, 6.07) is 22.0. The van der Waals surface area contributed by atoms with Gasteiger partial charge in [0.2, 0.25) is 5.91 Å². The number of anilines is 2. The Morgan fingerprint density at radius 3 is 2.43 bits per heavy atom. The lowest BCUT2D eigenvalue weighted by molar-refractivity contribution is -0.115. The Bertz CT molecular complexity index is 1350. The highest BCUT2D eigenvalue weighted by atomic mass is 32.2. The molecule has 0 saturated carbocycles. The summed E-state index contributed by atoms with van der Waals surface area (Å²) in [7, 11) is 1.58. The van der Waals surface area contributed by atoms with Crippen LogP contribution in [0.25, 0.3) is 11.3 Å². The van der Waals surface area contributed by atoms with Gasteiger partial charge in [-0.2, -0.15) is 0 Å². The monoisotopic (exact) mass is 533 g/mol. The minimum atomic E-state index is -0.370. The molecule has 0 saturated heterocycles. The Morgan fingerprint density at radius 2 is 1.73 bits per heavy atom. The summed E-state index contributed by atoms with van der Waals surface area (Å²) in [4.78, 5) is 30.8. The number of carbonyl (C=O) groups is 2. The number of thioether (sulfide) groups is 1. The van der Waals surface area contributed by atoms with Crippen LogP contribution in [0.5, 0.6) is 11.5 Å². The average Bonchev–Trinajstić information content (AvgIpc) is 3.38. The molecule has 1 unspecified atom stereocenters. The van der Waals surface area contributed by atoms with Gasteiger partial charge in [0.1, 0.15) is 11.5 Å². The normalized spacial score (nSPS) is 11.4. The number of rotatable bonds is 10. The summed E-state index contributed by atoms with van der Waals surface area (Å²) in [5.41, 5.74) is 2.93. The van der Waals surface area contributed by atoms with Crippen LogP contribution in [0.3, 0.4) is 0 Å². The van der Waals surface area contributed by atoms with Crippen LogP contribution in [0.4, 0.5) is 10.8 Å². The number of hydrogen-bond acceptors (Lipinski definition) is 7. The number of ether oxygens (including phenoxy) is 2. The van der Waals surface area contributed by atoms with E-state index in [2.05, 4.69) is 15.6 Å². The topological polar surface area (TPSA) is 89.6 Å². The van der Waals surface area contributed by atoms with E-state index in [-0.39, 0.29) is 17.1 Å². The highest BCUT2D eigenvalue weighted by molar-refractivity contribution is 8.00. The SMILES string of the molecule is CCOc1ccc(-c2csc(NC(=O)C(C)Sc3cccc(NC(=O)c4ccc(OC)cc4)c3)n2)cc1. The highest BCUT2D eigenvalue weighted by Gasteiger charge is 2.17.